The van der Waals surface area contributed by atoms with Crippen LogP contribution in [0.15, 0.2) is 221 Å². The van der Waals surface area contributed by atoms with E-state index in [4.69, 9.17) is 8.83 Å². The van der Waals surface area contributed by atoms with Gasteiger partial charge >= 0.3 is 0 Å². The Morgan fingerprint density at radius 3 is 1.61 bits per heavy atom. The average Bonchev–Trinajstić information content (AvgIpc) is 4.06. The third-order valence-corrected chi connectivity index (χ3v) is 13.7. The quantitative estimate of drug-likeness (QED) is 0.178. The number of rotatable bonds is 4. The van der Waals surface area contributed by atoms with Crippen molar-refractivity contribution in [1.29, 1.82) is 0 Å². The summed E-state index contributed by atoms with van der Waals surface area (Å²) in [7, 11) is 0. The SMILES string of the molecule is c1ccc(N(c2ccc3c(c2)C2(c4ccccc4-c4ccccc42)c2ccccc2-3)c2ccc3c(c2)oc2c(-c4cccc5c4oc4ccccc45)c4ccccc4cc23)cc1. The van der Waals surface area contributed by atoms with Crippen LogP contribution in [0.3, 0.4) is 0 Å². The monoisotopic (exact) mass is 789 g/mol. The van der Waals surface area contributed by atoms with Crippen LogP contribution in [-0.2, 0) is 5.41 Å². The summed E-state index contributed by atoms with van der Waals surface area (Å²) in [5.41, 5.74) is 18.7. The van der Waals surface area contributed by atoms with Crippen molar-refractivity contribution in [3.63, 3.8) is 0 Å². The molecule has 0 amide bonds. The predicted octanol–water partition coefficient (Wildman–Crippen LogP) is 16.1. The standard InChI is InChI=1S/C59H35NO2/c1-2-16-37(17-3-1)60(38-29-31-44-43-21-8-12-27-52(43)59(53(44)34-38)50-25-10-6-19-41(50)42-20-7-11-26-51(42)59)39-30-32-46-49-33-36-15-4-5-18-40(36)56(58(49)62-55(46)35-39)48-24-14-23-47-45-22-9-13-28-54(45)61-57(47)48/h1-35H. The highest BCUT2D eigenvalue weighted by Gasteiger charge is 2.51. The van der Waals surface area contributed by atoms with Gasteiger partial charge in [0.15, 0.2) is 0 Å². The highest BCUT2D eigenvalue weighted by atomic mass is 16.3. The summed E-state index contributed by atoms with van der Waals surface area (Å²) in [5.74, 6) is 0. The number of hydrogen-bond donors (Lipinski definition) is 0. The van der Waals surface area contributed by atoms with Gasteiger partial charge in [-0.1, -0.05) is 158 Å². The molecular formula is C59H35NO2. The van der Waals surface area contributed by atoms with E-state index in [9.17, 15) is 0 Å². The topological polar surface area (TPSA) is 29.5 Å². The van der Waals surface area contributed by atoms with Crippen LogP contribution in [0.5, 0.6) is 0 Å². The van der Waals surface area contributed by atoms with E-state index < -0.39 is 5.41 Å². The molecule has 2 aliphatic carbocycles. The van der Waals surface area contributed by atoms with Crippen LogP contribution in [0.4, 0.5) is 17.1 Å². The summed E-state index contributed by atoms with van der Waals surface area (Å²) in [4.78, 5) is 2.38. The van der Waals surface area contributed by atoms with Gasteiger partial charge in [-0.15, -0.1) is 0 Å². The molecule has 14 rings (SSSR count). The van der Waals surface area contributed by atoms with Gasteiger partial charge in [0.1, 0.15) is 22.3 Å². The number of para-hydroxylation sites is 3. The third kappa shape index (κ3) is 4.39. The maximum Gasteiger partial charge on any atom is 0.144 e. The number of anilines is 3. The van der Waals surface area contributed by atoms with Crippen LogP contribution in [-0.4, -0.2) is 0 Å². The van der Waals surface area contributed by atoms with E-state index in [1.54, 1.807) is 0 Å². The minimum Gasteiger partial charge on any atom is -0.455 e. The molecule has 0 unspecified atom stereocenters. The Morgan fingerprint density at radius 2 is 0.855 bits per heavy atom. The summed E-state index contributed by atoms with van der Waals surface area (Å²) in [6.07, 6.45) is 0. The van der Waals surface area contributed by atoms with Crippen molar-refractivity contribution in [3.05, 3.63) is 235 Å². The fourth-order valence-electron chi connectivity index (χ4n) is 11.2. The second kappa shape index (κ2) is 12.4. The molecule has 10 aromatic carbocycles. The molecule has 0 saturated carbocycles. The lowest BCUT2D eigenvalue weighted by molar-refractivity contribution is 0.665. The average molecular weight is 790 g/mol. The minimum atomic E-state index is -0.443. The molecule has 62 heavy (non-hydrogen) atoms. The summed E-state index contributed by atoms with van der Waals surface area (Å²) in [6.45, 7) is 0. The predicted molar refractivity (Wildman–Crippen MR) is 255 cm³/mol. The van der Waals surface area contributed by atoms with Crippen molar-refractivity contribution < 1.29 is 8.83 Å². The van der Waals surface area contributed by atoms with Crippen LogP contribution >= 0.6 is 0 Å². The highest BCUT2D eigenvalue weighted by molar-refractivity contribution is 6.22. The summed E-state index contributed by atoms with van der Waals surface area (Å²) in [5, 5.41) is 6.64. The molecule has 0 saturated heterocycles. The first kappa shape index (κ1) is 33.7. The highest BCUT2D eigenvalue weighted by Crippen LogP contribution is 2.63. The molecule has 2 aromatic heterocycles. The molecule has 12 aromatic rings. The first-order valence-electron chi connectivity index (χ1n) is 21.3. The number of fused-ring (bicyclic) bond motifs is 17. The largest absolute Gasteiger partial charge is 0.455 e. The second-order valence-electron chi connectivity index (χ2n) is 16.7. The number of benzene rings is 10. The zero-order valence-electron chi connectivity index (χ0n) is 33.5. The van der Waals surface area contributed by atoms with Crippen molar-refractivity contribution in [2.45, 2.75) is 5.41 Å². The van der Waals surface area contributed by atoms with Crippen LogP contribution in [0.25, 0.3) is 88.0 Å². The molecule has 0 fully saturated rings. The molecule has 1 spiro atoms. The van der Waals surface area contributed by atoms with E-state index in [0.29, 0.717) is 0 Å². The van der Waals surface area contributed by atoms with E-state index in [2.05, 4.69) is 205 Å². The molecule has 2 heterocycles. The Balaban J connectivity index is 1.00. The van der Waals surface area contributed by atoms with Crippen molar-refractivity contribution in [3.8, 4) is 33.4 Å². The Labute approximate surface area is 357 Å². The Bertz CT molecular complexity index is 3770. The normalized spacial score (nSPS) is 13.3. The first-order chi connectivity index (χ1) is 30.8. The first-order valence-corrected chi connectivity index (χ1v) is 21.3. The molecular weight excluding hydrogens is 755 g/mol. The summed E-state index contributed by atoms with van der Waals surface area (Å²) >= 11 is 0. The van der Waals surface area contributed by atoms with Crippen LogP contribution in [0, 0.1) is 0 Å². The number of nitrogens with zero attached hydrogens (tertiary/aromatic N) is 1. The van der Waals surface area contributed by atoms with Gasteiger partial charge in [0.2, 0.25) is 0 Å². The van der Waals surface area contributed by atoms with E-state index in [1.807, 2.05) is 12.1 Å². The van der Waals surface area contributed by atoms with Crippen molar-refractivity contribution in [2.75, 3.05) is 4.90 Å². The van der Waals surface area contributed by atoms with Gasteiger partial charge in [-0.05, 0) is 104 Å². The van der Waals surface area contributed by atoms with Crippen LogP contribution in [0.1, 0.15) is 22.3 Å². The maximum absolute atomic E-state index is 7.13. The molecule has 0 atom stereocenters. The van der Waals surface area contributed by atoms with E-state index >= 15 is 0 Å². The maximum atomic E-state index is 7.13. The lowest BCUT2D eigenvalue weighted by Crippen LogP contribution is -2.26. The van der Waals surface area contributed by atoms with Gasteiger partial charge in [-0.25, -0.2) is 0 Å². The molecule has 0 N–H and O–H groups in total. The zero-order chi connectivity index (χ0) is 40.5. The Kier molecular flexibility index (Phi) is 6.76. The van der Waals surface area contributed by atoms with Crippen molar-refractivity contribution in [2.24, 2.45) is 0 Å². The third-order valence-electron chi connectivity index (χ3n) is 13.7. The van der Waals surface area contributed by atoms with Crippen molar-refractivity contribution in [1.82, 2.24) is 0 Å². The van der Waals surface area contributed by atoms with Crippen LogP contribution in [0.2, 0.25) is 0 Å². The Morgan fingerprint density at radius 1 is 0.306 bits per heavy atom. The van der Waals surface area contributed by atoms with E-state index in [1.165, 1.54) is 44.5 Å². The van der Waals surface area contributed by atoms with Gasteiger partial charge in [0.05, 0.1) is 5.41 Å². The Hall–Kier alpha value is -8.14. The van der Waals surface area contributed by atoms with Crippen LogP contribution < -0.4 is 4.90 Å². The molecule has 0 aliphatic heterocycles. The molecule has 288 valence electrons. The number of hydrogen-bond acceptors (Lipinski definition) is 3. The second-order valence-corrected chi connectivity index (χ2v) is 16.7. The van der Waals surface area contributed by atoms with Crippen molar-refractivity contribution >= 4 is 71.7 Å². The molecule has 2 aliphatic rings. The van der Waals surface area contributed by atoms with Gasteiger partial charge < -0.3 is 13.7 Å². The van der Waals surface area contributed by atoms with Gasteiger partial charge in [-0.3, -0.25) is 0 Å². The lowest BCUT2D eigenvalue weighted by atomic mass is 9.70. The van der Waals surface area contributed by atoms with Gasteiger partial charge in [0.25, 0.3) is 0 Å². The fraction of sp³-hybridized carbons (Fsp3) is 0.0169. The van der Waals surface area contributed by atoms with E-state index in [-0.39, 0.29) is 0 Å². The minimum absolute atomic E-state index is 0.443. The number of furan rings is 2. The molecule has 3 nitrogen and oxygen atoms in total. The molecule has 3 heteroatoms. The molecule has 0 radical (unpaired) electrons. The summed E-state index contributed by atoms with van der Waals surface area (Å²) in [6, 6.07) is 77.1. The summed E-state index contributed by atoms with van der Waals surface area (Å²) < 4.78 is 13.8. The molecule has 0 bridgehead atoms. The van der Waals surface area contributed by atoms with Gasteiger partial charge in [0, 0.05) is 55.8 Å². The van der Waals surface area contributed by atoms with Gasteiger partial charge in [-0.2, -0.15) is 0 Å². The zero-order valence-corrected chi connectivity index (χ0v) is 33.5. The lowest BCUT2D eigenvalue weighted by Gasteiger charge is -2.32. The smallest absolute Gasteiger partial charge is 0.144 e. The fourth-order valence-corrected chi connectivity index (χ4v) is 11.2. The van der Waals surface area contributed by atoms with E-state index in [0.717, 1.165) is 82.8 Å².